The standard InChI is InChI=1S/C13H14N2O5S/c1-6(13(17)18)4-8(16)9-5-7-12(21-9)15-11(20-3)10(14-7)19-2/h5-6H,4H2,1-3H3,(H,17,18). The largest absolute Gasteiger partial charge is 0.481 e. The maximum atomic E-state index is 12.1. The summed E-state index contributed by atoms with van der Waals surface area (Å²) in [6, 6.07) is 1.59. The van der Waals surface area contributed by atoms with Gasteiger partial charge in [0.05, 0.1) is 25.0 Å². The molecule has 0 aromatic carbocycles. The topological polar surface area (TPSA) is 98.6 Å². The number of aliphatic carboxylic acids is 1. The Kier molecular flexibility index (Phi) is 4.37. The SMILES string of the molecule is COc1nc2cc(C(=O)CC(C)C(=O)O)sc2nc1OC. The predicted molar refractivity (Wildman–Crippen MR) is 76.3 cm³/mol. The molecule has 0 saturated heterocycles. The number of rotatable bonds is 6. The van der Waals surface area contributed by atoms with Gasteiger partial charge in [0.1, 0.15) is 10.3 Å². The monoisotopic (exact) mass is 310 g/mol. The minimum atomic E-state index is -0.996. The lowest BCUT2D eigenvalue weighted by molar-refractivity contribution is -0.141. The number of aromatic nitrogens is 2. The minimum absolute atomic E-state index is 0.0591. The second-order valence-corrected chi connectivity index (χ2v) is 5.44. The number of carbonyl (C=O) groups is 2. The van der Waals surface area contributed by atoms with Crippen LogP contribution in [-0.4, -0.2) is 41.0 Å². The third-order valence-electron chi connectivity index (χ3n) is 2.88. The summed E-state index contributed by atoms with van der Waals surface area (Å²) in [5.74, 6) is -1.49. The second kappa shape index (κ2) is 6.04. The molecule has 112 valence electrons. The van der Waals surface area contributed by atoms with E-state index in [4.69, 9.17) is 14.6 Å². The van der Waals surface area contributed by atoms with E-state index in [-0.39, 0.29) is 24.0 Å². The van der Waals surface area contributed by atoms with E-state index in [1.807, 2.05) is 0 Å². The van der Waals surface area contributed by atoms with Crippen molar-refractivity contribution in [1.29, 1.82) is 0 Å². The Labute approximate surface area is 124 Å². The Balaban J connectivity index is 2.34. The fourth-order valence-electron chi connectivity index (χ4n) is 1.70. The van der Waals surface area contributed by atoms with Gasteiger partial charge in [-0.2, -0.15) is 4.98 Å². The molecule has 0 radical (unpaired) electrons. The van der Waals surface area contributed by atoms with Gasteiger partial charge in [0.25, 0.3) is 11.8 Å². The van der Waals surface area contributed by atoms with Crippen molar-refractivity contribution in [3.05, 3.63) is 10.9 Å². The van der Waals surface area contributed by atoms with E-state index in [1.54, 1.807) is 6.07 Å². The van der Waals surface area contributed by atoms with E-state index in [2.05, 4.69) is 9.97 Å². The number of nitrogens with zero attached hydrogens (tertiary/aromatic N) is 2. The lowest BCUT2D eigenvalue weighted by atomic mass is 10.0. The quantitative estimate of drug-likeness (QED) is 0.815. The summed E-state index contributed by atoms with van der Waals surface area (Å²) in [5, 5.41) is 8.85. The van der Waals surface area contributed by atoms with E-state index in [0.717, 1.165) is 11.3 Å². The third-order valence-corrected chi connectivity index (χ3v) is 3.94. The van der Waals surface area contributed by atoms with Crippen LogP contribution in [0, 0.1) is 5.92 Å². The summed E-state index contributed by atoms with van der Waals surface area (Å²) >= 11 is 1.16. The van der Waals surface area contributed by atoms with Crippen LogP contribution in [0.1, 0.15) is 23.0 Å². The minimum Gasteiger partial charge on any atom is -0.481 e. The third kappa shape index (κ3) is 3.10. The van der Waals surface area contributed by atoms with Crippen LogP contribution in [0.4, 0.5) is 0 Å². The predicted octanol–water partition coefficient (Wildman–Crippen LogP) is 2.00. The zero-order chi connectivity index (χ0) is 15.6. The number of Topliss-reactive ketones (excluding diaryl/α,β-unsaturated/α-hetero) is 1. The first-order valence-electron chi connectivity index (χ1n) is 6.11. The summed E-state index contributed by atoms with van der Waals surface area (Å²) in [6.07, 6.45) is -0.0591. The molecule has 8 heteroatoms. The van der Waals surface area contributed by atoms with Crippen molar-refractivity contribution in [3.8, 4) is 11.8 Å². The zero-order valence-electron chi connectivity index (χ0n) is 11.7. The van der Waals surface area contributed by atoms with Gasteiger partial charge in [-0.3, -0.25) is 9.59 Å². The van der Waals surface area contributed by atoms with Gasteiger partial charge < -0.3 is 14.6 Å². The smallest absolute Gasteiger partial charge is 0.306 e. The van der Waals surface area contributed by atoms with Crippen molar-refractivity contribution in [2.75, 3.05) is 14.2 Å². The Morgan fingerprint density at radius 1 is 1.29 bits per heavy atom. The first kappa shape index (κ1) is 15.2. The van der Waals surface area contributed by atoms with Gasteiger partial charge in [-0.1, -0.05) is 6.92 Å². The van der Waals surface area contributed by atoms with Gasteiger partial charge in [0.2, 0.25) is 0 Å². The van der Waals surface area contributed by atoms with Crippen molar-refractivity contribution < 1.29 is 24.2 Å². The van der Waals surface area contributed by atoms with Crippen LogP contribution in [-0.2, 0) is 4.79 Å². The average Bonchev–Trinajstić information content (AvgIpc) is 2.88. The maximum absolute atomic E-state index is 12.1. The number of ether oxygens (including phenoxy) is 2. The van der Waals surface area contributed by atoms with Gasteiger partial charge in [-0.25, -0.2) is 4.98 Å². The van der Waals surface area contributed by atoms with Crippen LogP contribution >= 0.6 is 11.3 Å². The summed E-state index contributed by atoms with van der Waals surface area (Å²) in [5.41, 5.74) is 0.518. The number of thiophene rings is 1. The molecule has 1 unspecified atom stereocenters. The van der Waals surface area contributed by atoms with Gasteiger partial charge in [0, 0.05) is 6.42 Å². The summed E-state index contributed by atoms with van der Waals surface area (Å²) in [6.45, 7) is 1.50. The Morgan fingerprint density at radius 3 is 2.48 bits per heavy atom. The molecule has 21 heavy (non-hydrogen) atoms. The van der Waals surface area contributed by atoms with Crippen LogP contribution in [0.15, 0.2) is 6.07 Å². The number of hydrogen-bond donors (Lipinski definition) is 1. The Bertz CT molecular complexity index is 656. The number of carboxylic acids is 1. The molecule has 0 bridgehead atoms. The van der Waals surface area contributed by atoms with E-state index in [1.165, 1.54) is 21.1 Å². The zero-order valence-corrected chi connectivity index (χ0v) is 12.6. The summed E-state index contributed by atoms with van der Waals surface area (Å²) in [4.78, 5) is 32.3. The molecular weight excluding hydrogens is 296 g/mol. The molecule has 0 aliphatic rings. The highest BCUT2D eigenvalue weighted by atomic mass is 32.1. The molecule has 0 spiro atoms. The van der Waals surface area contributed by atoms with Crippen LogP contribution < -0.4 is 9.47 Å². The highest BCUT2D eigenvalue weighted by Gasteiger charge is 2.20. The number of methoxy groups -OCH3 is 2. The van der Waals surface area contributed by atoms with Crippen molar-refractivity contribution in [2.24, 2.45) is 5.92 Å². The molecule has 2 aromatic rings. The highest BCUT2D eigenvalue weighted by Crippen LogP contribution is 2.30. The fourth-order valence-corrected chi connectivity index (χ4v) is 2.61. The molecule has 2 aromatic heterocycles. The number of hydrogen-bond acceptors (Lipinski definition) is 7. The maximum Gasteiger partial charge on any atom is 0.306 e. The van der Waals surface area contributed by atoms with Crippen LogP contribution in [0.2, 0.25) is 0 Å². The second-order valence-electron chi connectivity index (χ2n) is 4.41. The Morgan fingerprint density at radius 2 is 1.90 bits per heavy atom. The average molecular weight is 310 g/mol. The van der Waals surface area contributed by atoms with Crippen LogP contribution in [0.5, 0.6) is 11.8 Å². The molecule has 0 aliphatic heterocycles. The van der Waals surface area contributed by atoms with Gasteiger partial charge in [-0.15, -0.1) is 11.3 Å². The first-order valence-corrected chi connectivity index (χ1v) is 6.93. The molecule has 2 heterocycles. The number of carboxylic acid groups (broad SMARTS) is 1. The van der Waals surface area contributed by atoms with Gasteiger partial charge in [-0.05, 0) is 6.07 Å². The molecule has 2 rings (SSSR count). The molecule has 1 atom stereocenters. The first-order chi connectivity index (χ1) is 9.96. The Hall–Kier alpha value is -2.22. The van der Waals surface area contributed by atoms with Crippen molar-refractivity contribution in [1.82, 2.24) is 9.97 Å². The van der Waals surface area contributed by atoms with E-state index in [9.17, 15) is 9.59 Å². The molecule has 1 N–H and O–H groups in total. The van der Waals surface area contributed by atoms with E-state index >= 15 is 0 Å². The number of fused-ring (bicyclic) bond motifs is 1. The lowest BCUT2D eigenvalue weighted by Gasteiger charge is -2.03. The van der Waals surface area contributed by atoms with Gasteiger partial charge in [0.15, 0.2) is 5.78 Å². The van der Waals surface area contributed by atoms with Crippen molar-refractivity contribution in [3.63, 3.8) is 0 Å². The van der Waals surface area contributed by atoms with E-state index < -0.39 is 11.9 Å². The summed E-state index contributed by atoms with van der Waals surface area (Å²) < 4.78 is 10.1. The molecule has 0 saturated carbocycles. The van der Waals surface area contributed by atoms with Crippen molar-refractivity contribution >= 4 is 33.4 Å². The number of ketones is 1. The highest BCUT2D eigenvalue weighted by molar-refractivity contribution is 7.20. The fraction of sp³-hybridized carbons (Fsp3) is 0.385. The summed E-state index contributed by atoms with van der Waals surface area (Å²) in [7, 11) is 2.90. The molecule has 0 amide bonds. The van der Waals surface area contributed by atoms with Gasteiger partial charge >= 0.3 is 5.97 Å². The van der Waals surface area contributed by atoms with Crippen LogP contribution in [0.25, 0.3) is 10.3 Å². The van der Waals surface area contributed by atoms with Crippen molar-refractivity contribution in [2.45, 2.75) is 13.3 Å². The molecule has 7 nitrogen and oxygen atoms in total. The van der Waals surface area contributed by atoms with E-state index in [0.29, 0.717) is 15.2 Å². The van der Waals surface area contributed by atoms with Crippen LogP contribution in [0.3, 0.4) is 0 Å². The molecular formula is C13H14N2O5S. The molecule has 0 aliphatic carbocycles. The molecule has 0 fully saturated rings. The normalized spacial score (nSPS) is 12.1. The lowest BCUT2D eigenvalue weighted by Crippen LogP contribution is -2.13. The number of carbonyl (C=O) groups excluding carboxylic acids is 1.